The Hall–Kier alpha value is -0.810. The summed E-state index contributed by atoms with van der Waals surface area (Å²) in [5.41, 5.74) is 0.755. The number of hydrogen-bond donors (Lipinski definition) is 0. The Morgan fingerprint density at radius 3 is 2.93 bits per heavy atom. The van der Waals surface area contributed by atoms with Gasteiger partial charge in [-0.2, -0.15) is 0 Å². The fraction of sp³-hybridized carbons (Fsp3) is 0.250. The third-order valence-electron chi connectivity index (χ3n) is 1.59. The zero-order chi connectivity index (χ0) is 9.97. The van der Waals surface area contributed by atoms with Crippen LogP contribution < -0.4 is 0 Å². The predicted octanol–water partition coefficient (Wildman–Crippen LogP) is 2.87. The second-order valence-electron chi connectivity index (χ2n) is 2.58. The molecule has 0 radical (unpaired) electrons. The molecule has 0 bridgehead atoms. The number of aryl methyl sites for hydroxylation is 1. The minimum Gasteiger partial charge on any atom is -0.457 e. The molecule has 74 valence electrons. The Labute approximate surface area is 93.4 Å². The number of hydrogen-bond acceptors (Lipinski definition) is 4. The molecule has 0 amide bonds. The van der Waals surface area contributed by atoms with Crippen LogP contribution >= 0.6 is 27.5 Å². The Bertz CT molecular complexity index is 426. The summed E-state index contributed by atoms with van der Waals surface area (Å²) in [5, 5.41) is 7.70. The van der Waals surface area contributed by atoms with Crippen LogP contribution in [0.3, 0.4) is 0 Å². The van der Waals surface area contributed by atoms with Crippen LogP contribution in [0, 0.1) is 0 Å². The van der Waals surface area contributed by atoms with E-state index in [1.165, 1.54) is 0 Å². The van der Waals surface area contributed by atoms with Gasteiger partial charge in [-0.15, -0.1) is 21.8 Å². The van der Waals surface area contributed by atoms with Gasteiger partial charge in [-0.3, -0.25) is 0 Å². The molecule has 6 heteroatoms. The molecule has 0 saturated carbocycles. The second-order valence-corrected chi connectivity index (χ2v) is 3.74. The molecule has 14 heavy (non-hydrogen) atoms. The lowest BCUT2D eigenvalue weighted by molar-refractivity contribution is 0.510. The highest BCUT2D eigenvalue weighted by Crippen LogP contribution is 2.23. The lowest BCUT2D eigenvalue weighted by atomic mass is 10.3. The molecule has 2 aromatic heterocycles. The maximum Gasteiger partial charge on any atom is 0.251 e. The number of alkyl halides is 1. The van der Waals surface area contributed by atoms with E-state index in [1.807, 2.05) is 0 Å². The smallest absolute Gasteiger partial charge is 0.251 e. The first-order chi connectivity index (χ1) is 6.79. The highest BCUT2D eigenvalue weighted by molar-refractivity contribution is 9.10. The molecule has 4 nitrogen and oxygen atoms in total. The fourth-order valence-electron chi connectivity index (χ4n) is 0.974. The first kappa shape index (κ1) is 9.73. The van der Waals surface area contributed by atoms with Crippen molar-refractivity contribution in [2.75, 3.05) is 5.88 Å². The zero-order valence-corrected chi connectivity index (χ0v) is 9.38. The predicted molar refractivity (Wildman–Crippen MR) is 54.1 cm³/mol. The Kier molecular flexibility index (Phi) is 2.88. The van der Waals surface area contributed by atoms with Crippen molar-refractivity contribution in [1.29, 1.82) is 0 Å². The van der Waals surface area contributed by atoms with E-state index < -0.39 is 0 Å². The van der Waals surface area contributed by atoms with Crippen LogP contribution in [0.25, 0.3) is 11.5 Å². The highest BCUT2D eigenvalue weighted by Gasteiger charge is 2.10. The molecule has 0 unspecified atom stereocenters. The van der Waals surface area contributed by atoms with Gasteiger partial charge in [0.2, 0.25) is 5.89 Å². The van der Waals surface area contributed by atoms with E-state index in [1.54, 1.807) is 12.3 Å². The second kappa shape index (κ2) is 4.14. The average molecular weight is 278 g/mol. The summed E-state index contributed by atoms with van der Waals surface area (Å²) in [6, 6.07) is 1.76. The first-order valence-electron chi connectivity index (χ1n) is 3.92. The summed E-state index contributed by atoms with van der Waals surface area (Å²) in [7, 11) is 0. The van der Waals surface area contributed by atoms with Crippen LogP contribution in [-0.2, 0) is 6.42 Å². The van der Waals surface area contributed by atoms with Crippen LogP contribution in [0.5, 0.6) is 0 Å². The summed E-state index contributed by atoms with van der Waals surface area (Å²) in [6.07, 6.45) is 2.12. The van der Waals surface area contributed by atoms with Crippen LogP contribution in [0.4, 0.5) is 0 Å². The van der Waals surface area contributed by atoms with Gasteiger partial charge in [0.1, 0.15) is 6.26 Å². The molecule has 0 atom stereocenters. The van der Waals surface area contributed by atoms with Crippen molar-refractivity contribution in [3.8, 4) is 11.5 Å². The molecule has 0 aliphatic carbocycles. The van der Waals surface area contributed by atoms with Crippen LogP contribution in [0.2, 0.25) is 0 Å². The molecular weight excluding hydrogens is 271 g/mol. The van der Waals surface area contributed by atoms with E-state index in [2.05, 4.69) is 26.1 Å². The number of halogens is 2. The highest BCUT2D eigenvalue weighted by atomic mass is 79.9. The third-order valence-corrected chi connectivity index (χ3v) is 2.19. The van der Waals surface area contributed by atoms with Gasteiger partial charge in [0, 0.05) is 18.4 Å². The van der Waals surface area contributed by atoms with Crippen molar-refractivity contribution in [3.63, 3.8) is 0 Å². The number of nitrogens with zero attached hydrogens (tertiary/aromatic N) is 2. The SMILES string of the molecule is ClCCc1nnc(-c2coc(Br)c2)o1. The van der Waals surface area contributed by atoms with Crippen molar-refractivity contribution >= 4 is 27.5 Å². The molecule has 2 aromatic rings. The standard InChI is InChI=1S/C8H6BrClN2O2/c9-6-3-5(4-13-6)8-12-11-7(14-8)1-2-10/h3-4H,1-2H2. The fourth-order valence-corrected chi connectivity index (χ4v) is 1.48. The van der Waals surface area contributed by atoms with Crippen molar-refractivity contribution in [3.05, 3.63) is 22.9 Å². The van der Waals surface area contributed by atoms with Gasteiger partial charge in [-0.05, 0) is 15.9 Å². The largest absolute Gasteiger partial charge is 0.457 e. The lowest BCUT2D eigenvalue weighted by Crippen LogP contribution is -1.84. The molecule has 0 aliphatic rings. The normalized spacial score (nSPS) is 10.7. The zero-order valence-electron chi connectivity index (χ0n) is 7.04. The maximum absolute atomic E-state index is 5.54. The third kappa shape index (κ3) is 1.99. The van der Waals surface area contributed by atoms with E-state index in [0.29, 0.717) is 28.8 Å². The van der Waals surface area contributed by atoms with Crippen molar-refractivity contribution < 1.29 is 8.83 Å². The van der Waals surface area contributed by atoms with Gasteiger partial charge in [0.15, 0.2) is 4.67 Å². The quantitative estimate of drug-likeness (QED) is 0.810. The van der Waals surface area contributed by atoms with Crippen LogP contribution in [0.15, 0.2) is 25.8 Å². The van der Waals surface area contributed by atoms with Crippen LogP contribution in [0.1, 0.15) is 5.89 Å². The van der Waals surface area contributed by atoms with Gasteiger partial charge < -0.3 is 8.83 Å². The van der Waals surface area contributed by atoms with Gasteiger partial charge >= 0.3 is 0 Å². The van der Waals surface area contributed by atoms with Crippen molar-refractivity contribution in [2.24, 2.45) is 0 Å². The molecule has 2 heterocycles. The Morgan fingerprint density at radius 2 is 2.29 bits per heavy atom. The molecule has 0 spiro atoms. The Balaban J connectivity index is 2.24. The minimum atomic E-state index is 0.444. The van der Waals surface area contributed by atoms with E-state index >= 15 is 0 Å². The molecule has 0 saturated heterocycles. The summed E-state index contributed by atoms with van der Waals surface area (Å²) in [4.78, 5) is 0. The lowest BCUT2D eigenvalue weighted by Gasteiger charge is -1.85. The Morgan fingerprint density at radius 1 is 1.43 bits per heavy atom. The molecule has 2 rings (SSSR count). The summed E-state index contributed by atoms with van der Waals surface area (Å²) in [6.45, 7) is 0. The van der Waals surface area contributed by atoms with Gasteiger partial charge in [-0.25, -0.2) is 0 Å². The van der Waals surface area contributed by atoms with E-state index in [-0.39, 0.29) is 0 Å². The van der Waals surface area contributed by atoms with Gasteiger partial charge in [-0.1, -0.05) is 0 Å². The van der Waals surface area contributed by atoms with E-state index in [9.17, 15) is 0 Å². The van der Waals surface area contributed by atoms with Crippen LogP contribution in [-0.4, -0.2) is 16.1 Å². The summed E-state index contributed by atoms with van der Waals surface area (Å²) in [5.74, 6) is 1.45. The monoisotopic (exact) mass is 276 g/mol. The molecule has 0 aromatic carbocycles. The topological polar surface area (TPSA) is 52.1 Å². The minimum absolute atomic E-state index is 0.444. The molecule has 0 N–H and O–H groups in total. The number of aromatic nitrogens is 2. The van der Waals surface area contributed by atoms with Crippen molar-refractivity contribution in [1.82, 2.24) is 10.2 Å². The average Bonchev–Trinajstić information content (AvgIpc) is 2.74. The molecule has 0 aliphatic heterocycles. The van der Waals surface area contributed by atoms with E-state index in [4.69, 9.17) is 20.4 Å². The van der Waals surface area contributed by atoms with Crippen molar-refractivity contribution in [2.45, 2.75) is 6.42 Å². The number of rotatable bonds is 3. The molecular formula is C8H6BrClN2O2. The summed E-state index contributed by atoms with van der Waals surface area (Å²) < 4.78 is 11.0. The summed E-state index contributed by atoms with van der Waals surface area (Å²) >= 11 is 8.73. The first-order valence-corrected chi connectivity index (χ1v) is 5.25. The van der Waals surface area contributed by atoms with Gasteiger partial charge in [0.25, 0.3) is 5.89 Å². The van der Waals surface area contributed by atoms with Gasteiger partial charge in [0.05, 0.1) is 5.56 Å². The maximum atomic E-state index is 5.54. The number of furan rings is 1. The molecule has 0 fully saturated rings. The van der Waals surface area contributed by atoms with E-state index in [0.717, 1.165) is 5.56 Å².